The highest BCUT2D eigenvalue weighted by Gasteiger charge is 2.43. The van der Waals surface area contributed by atoms with Crippen LogP contribution in [0.5, 0.6) is 0 Å². The van der Waals surface area contributed by atoms with Crippen molar-refractivity contribution < 1.29 is 35.9 Å². The summed E-state index contributed by atoms with van der Waals surface area (Å²) in [6.07, 6.45) is -5.43. The van der Waals surface area contributed by atoms with Crippen molar-refractivity contribution in [2.24, 2.45) is 5.92 Å². The Labute approximate surface area is 161 Å². The lowest BCUT2D eigenvalue weighted by molar-refractivity contribution is -0.137. The van der Waals surface area contributed by atoms with E-state index in [1.165, 1.54) is 19.2 Å². The van der Waals surface area contributed by atoms with Gasteiger partial charge in [0.25, 0.3) is 0 Å². The smallest absolute Gasteiger partial charge is 0.366 e. The zero-order valence-corrected chi connectivity index (χ0v) is 15.0. The molecule has 2 aromatic carbocycles. The molecule has 1 heterocycles. The Balaban J connectivity index is 1.91. The minimum absolute atomic E-state index is 0.123. The van der Waals surface area contributed by atoms with Crippen molar-refractivity contribution in [3.8, 4) is 0 Å². The standard InChI is InChI=1S/C19H16F6N2O2/c1-29-18-14(17(28)27-13-6-5-12(20)15(21)16(13)22)11(8-26-18)9-3-2-4-10(7-9)19(23,24)25/h2-7,11,14,18,26H,8H2,1H3,(H,27,28). The number of anilines is 1. The summed E-state index contributed by atoms with van der Waals surface area (Å²) in [4.78, 5) is 12.8. The van der Waals surface area contributed by atoms with Crippen LogP contribution in [-0.2, 0) is 15.7 Å². The summed E-state index contributed by atoms with van der Waals surface area (Å²) in [6.45, 7) is 0.123. The summed E-state index contributed by atoms with van der Waals surface area (Å²) in [5, 5.41) is 5.04. The second-order valence-corrected chi connectivity index (χ2v) is 6.53. The fourth-order valence-electron chi connectivity index (χ4n) is 3.37. The first-order valence-electron chi connectivity index (χ1n) is 8.51. The van der Waals surface area contributed by atoms with Crippen LogP contribution < -0.4 is 10.6 Å². The molecule has 0 aliphatic carbocycles. The first-order chi connectivity index (χ1) is 13.6. The predicted octanol–water partition coefficient (Wildman–Crippen LogP) is 4.04. The molecule has 1 amide bonds. The summed E-state index contributed by atoms with van der Waals surface area (Å²) in [5.41, 5.74) is -1.22. The van der Waals surface area contributed by atoms with Gasteiger partial charge in [0.15, 0.2) is 17.5 Å². The van der Waals surface area contributed by atoms with Gasteiger partial charge in [-0.25, -0.2) is 13.2 Å². The van der Waals surface area contributed by atoms with Crippen molar-refractivity contribution in [3.63, 3.8) is 0 Å². The van der Waals surface area contributed by atoms with Crippen LogP contribution in [0.15, 0.2) is 36.4 Å². The van der Waals surface area contributed by atoms with E-state index in [9.17, 15) is 31.1 Å². The zero-order valence-electron chi connectivity index (χ0n) is 15.0. The van der Waals surface area contributed by atoms with Gasteiger partial charge in [-0.2, -0.15) is 13.2 Å². The number of ether oxygens (including phenoxy) is 1. The van der Waals surface area contributed by atoms with E-state index in [2.05, 4.69) is 10.6 Å². The van der Waals surface area contributed by atoms with E-state index >= 15 is 0 Å². The Hall–Kier alpha value is -2.59. The molecule has 0 spiro atoms. The van der Waals surface area contributed by atoms with E-state index < -0.39 is 58.8 Å². The molecule has 1 aliphatic heterocycles. The first-order valence-corrected chi connectivity index (χ1v) is 8.51. The maximum Gasteiger partial charge on any atom is 0.416 e. The van der Waals surface area contributed by atoms with Crippen molar-refractivity contribution in [1.29, 1.82) is 0 Å². The summed E-state index contributed by atoms with van der Waals surface area (Å²) >= 11 is 0. The third-order valence-corrected chi connectivity index (χ3v) is 4.79. The van der Waals surface area contributed by atoms with Crippen LogP contribution in [0.2, 0.25) is 0 Å². The largest absolute Gasteiger partial charge is 0.416 e. The topological polar surface area (TPSA) is 50.4 Å². The Morgan fingerprint density at radius 1 is 1.14 bits per heavy atom. The van der Waals surface area contributed by atoms with Crippen LogP contribution in [0.4, 0.5) is 32.0 Å². The maximum atomic E-state index is 13.9. The molecule has 1 saturated heterocycles. The number of methoxy groups -OCH3 is 1. The summed E-state index contributed by atoms with van der Waals surface area (Å²) in [5.74, 6) is -7.32. The molecule has 0 bridgehead atoms. The van der Waals surface area contributed by atoms with Crippen LogP contribution in [0.1, 0.15) is 17.0 Å². The molecule has 1 aliphatic rings. The van der Waals surface area contributed by atoms with Crippen LogP contribution in [0, 0.1) is 23.4 Å². The lowest BCUT2D eigenvalue weighted by Crippen LogP contribution is -2.37. The Kier molecular flexibility index (Phi) is 5.85. The summed E-state index contributed by atoms with van der Waals surface area (Å²) in [7, 11) is 1.30. The van der Waals surface area contributed by atoms with Crippen LogP contribution in [0.25, 0.3) is 0 Å². The highest BCUT2D eigenvalue weighted by molar-refractivity contribution is 5.94. The zero-order chi connectivity index (χ0) is 21.3. The van der Waals surface area contributed by atoms with Crippen molar-refractivity contribution in [2.75, 3.05) is 19.0 Å². The van der Waals surface area contributed by atoms with Crippen molar-refractivity contribution in [2.45, 2.75) is 18.3 Å². The lowest BCUT2D eigenvalue weighted by Gasteiger charge is -2.23. The SMILES string of the molecule is COC1NCC(c2cccc(C(F)(F)F)c2)C1C(=O)Nc1ccc(F)c(F)c1F. The van der Waals surface area contributed by atoms with E-state index in [1.54, 1.807) is 0 Å². The molecule has 4 nitrogen and oxygen atoms in total. The molecule has 0 radical (unpaired) electrons. The van der Waals surface area contributed by atoms with Crippen molar-refractivity contribution >= 4 is 11.6 Å². The van der Waals surface area contributed by atoms with E-state index in [1.807, 2.05) is 0 Å². The van der Waals surface area contributed by atoms with Gasteiger partial charge >= 0.3 is 6.18 Å². The molecule has 156 valence electrons. The molecule has 0 saturated carbocycles. The van der Waals surface area contributed by atoms with Gasteiger partial charge in [-0.3, -0.25) is 10.1 Å². The van der Waals surface area contributed by atoms with Gasteiger partial charge in [0.2, 0.25) is 5.91 Å². The number of carbonyl (C=O) groups excluding carboxylic acids is 1. The number of carbonyl (C=O) groups is 1. The van der Waals surface area contributed by atoms with Gasteiger partial charge in [-0.1, -0.05) is 18.2 Å². The minimum atomic E-state index is -4.56. The van der Waals surface area contributed by atoms with Crippen LogP contribution in [-0.4, -0.2) is 25.8 Å². The third-order valence-electron chi connectivity index (χ3n) is 4.79. The second-order valence-electron chi connectivity index (χ2n) is 6.53. The maximum absolute atomic E-state index is 13.9. The molecule has 10 heteroatoms. The predicted molar refractivity (Wildman–Crippen MR) is 91.4 cm³/mol. The number of hydrogen-bond acceptors (Lipinski definition) is 3. The average molecular weight is 418 g/mol. The third kappa shape index (κ3) is 4.23. The monoisotopic (exact) mass is 418 g/mol. The van der Waals surface area contributed by atoms with E-state index in [0.29, 0.717) is 6.07 Å². The van der Waals surface area contributed by atoms with Gasteiger partial charge in [-0.05, 0) is 23.8 Å². The normalized spacial score (nSPS) is 22.0. The molecule has 2 aromatic rings. The molecule has 2 N–H and O–H groups in total. The highest BCUT2D eigenvalue weighted by Crippen LogP contribution is 2.37. The van der Waals surface area contributed by atoms with E-state index in [4.69, 9.17) is 4.74 Å². The average Bonchev–Trinajstić information content (AvgIpc) is 3.12. The van der Waals surface area contributed by atoms with E-state index in [-0.39, 0.29) is 12.1 Å². The molecule has 0 aromatic heterocycles. The van der Waals surface area contributed by atoms with Gasteiger partial charge in [0.1, 0.15) is 6.23 Å². The fourth-order valence-corrected chi connectivity index (χ4v) is 3.37. The number of hydrogen-bond donors (Lipinski definition) is 2. The number of halogens is 6. The first kappa shape index (κ1) is 21.1. The quantitative estimate of drug-likeness (QED) is 0.582. The number of alkyl halides is 3. The fraction of sp³-hybridized carbons (Fsp3) is 0.316. The Morgan fingerprint density at radius 3 is 2.52 bits per heavy atom. The van der Waals surface area contributed by atoms with Crippen molar-refractivity contribution in [1.82, 2.24) is 5.32 Å². The van der Waals surface area contributed by atoms with Crippen LogP contribution in [0.3, 0.4) is 0 Å². The molecule has 3 rings (SSSR count). The molecule has 29 heavy (non-hydrogen) atoms. The van der Waals surface area contributed by atoms with Crippen molar-refractivity contribution in [3.05, 3.63) is 65.0 Å². The number of benzene rings is 2. The highest BCUT2D eigenvalue weighted by atomic mass is 19.4. The molecule has 1 fully saturated rings. The molecular weight excluding hydrogens is 402 g/mol. The number of amides is 1. The molecule has 3 unspecified atom stereocenters. The summed E-state index contributed by atoms with van der Waals surface area (Å²) < 4.78 is 84.7. The van der Waals surface area contributed by atoms with Gasteiger partial charge in [0, 0.05) is 19.6 Å². The van der Waals surface area contributed by atoms with Crippen LogP contribution >= 0.6 is 0 Å². The number of rotatable bonds is 4. The Bertz CT molecular complexity index is 918. The Morgan fingerprint density at radius 2 is 1.86 bits per heavy atom. The summed E-state index contributed by atoms with van der Waals surface area (Å²) in [6, 6.07) is 6.02. The lowest BCUT2D eigenvalue weighted by atomic mass is 9.86. The van der Waals surface area contributed by atoms with Gasteiger partial charge in [-0.15, -0.1) is 0 Å². The van der Waals surface area contributed by atoms with Gasteiger partial charge < -0.3 is 10.1 Å². The van der Waals surface area contributed by atoms with E-state index in [0.717, 1.165) is 18.2 Å². The minimum Gasteiger partial charge on any atom is -0.366 e. The number of nitrogens with one attached hydrogen (secondary N) is 2. The second kappa shape index (κ2) is 8.03. The van der Waals surface area contributed by atoms with Gasteiger partial charge in [0.05, 0.1) is 17.2 Å². The molecular formula is C19H16F6N2O2. The molecule has 3 atom stereocenters.